The maximum Gasteiger partial charge on any atom is 0.209 e. The standard InChI is InChI=1S/C10H20N4O2S2/c1-5-6-8-11-12-9(17)14(8)7-10(2,3)13-18(4,15)16/h13H,5-7H2,1-4H3,(H,12,17). The average Bonchev–Trinajstić information content (AvgIpc) is 2.46. The molecule has 18 heavy (non-hydrogen) atoms. The minimum atomic E-state index is -3.25. The van der Waals surface area contributed by atoms with E-state index in [1.165, 1.54) is 0 Å². The minimum Gasteiger partial charge on any atom is -0.302 e. The van der Waals surface area contributed by atoms with Gasteiger partial charge in [0.2, 0.25) is 10.0 Å². The highest BCUT2D eigenvalue weighted by Crippen LogP contribution is 2.11. The van der Waals surface area contributed by atoms with Gasteiger partial charge in [0.25, 0.3) is 0 Å². The topological polar surface area (TPSA) is 79.8 Å². The molecule has 0 aromatic carbocycles. The predicted octanol–water partition coefficient (Wildman–Crippen LogP) is 1.22. The summed E-state index contributed by atoms with van der Waals surface area (Å²) in [4.78, 5) is 0. The summed E-state index contributed by atoms with van der Waals surface area (Å²) in [6, 6.07) is 0. The SMILES string of the molecule is CCCc1n[nH]c(=S)n1CC(C)(C)NS(C)(=O)=O. The summed E-state index contributed by atoms with van der Waals surface area (Å²) in [6.45, 7) is 6.14. The van der Waals surface area contributed by atoms with Crippen molar-refractivity contribution in [1.29, 1.82) is 0 Å². The van der Waals surface area contributed by atoms with Crippen LogP contribution in [0.5, 0.6) is 0 Å². The lowest BCUT2D eigenvalue weighted by Crippen LogP contribution is -2.46. The number of aromatic nitrogens is 3. The van der Waals surface area contributed by atoms with Crippen LogP contribution in [0.25, 0.3) is 0 Å². The van der Waals surface area contributed by atoms with Gasteiger partial charge in [-0.2, -0.15) is 5.10 Å². The highest BCUT2D eigenvalue weighted by Gasteiger charge is 2.24. The van der Waals surface area contributed by atoms with Crippen molar-refractivity contribution in [2.45, 2.75) is 45.7 Å². The van der Waals surface area contributed by atoms with E-state index >= 15 is 0 Å². The molecule has 0 aliphatic heterocycles. The van der Waals surface area contributed by atoms with Crippen LogP contribution in [0.1, 0.15) is 33.0 Å². The number of H-pyrrole nitrogens is 1. The molecule has 6 nitrogen and oxygen atoms in total. The number of rotatable bonds is 6. The molecule has 0 saturated carbocycles. The van der Waals surface area contributed by atoms with Gasteiger partial charge >= 0.3 is 0 Å². The van der Waals surface area contributed by atoms with Crippen LogP contribution in [0, 0.1) is 4.77 Å². The molecule has 1 aromatic heterocycles. The van der Waals surface area contributed by atoms with E-state index in [1.54, 1.807) is 0 Å². The number of nitrogens with one attached hydrogen (secondary N) is 2. The summed E-state index contributed by atoms with van der Waals surface area (Å²) in [6.07, 6.45) is 2.91. The number of nitrogens with zero attached hydrogens (tertiary/aromatic N) is 2. The van der Waals surface area contributed by atoms with Crippen LogP contribution in [-0.2, 0) is 23.0 Å². The van der Waals surface area contributed by atoms with E-state index in [9.17, 15) is 8.42 Å². The van der Waals surface area contributed by atoms with E-state index in [0.717, 1.165) is 24.9 Å². The Morgan fingerprint density at radius 1 is 1.50 bits per heavy atom. The van der Waals surface area contributed by atoms with Crippen molar-refractivity contribution in [2.75, 3.05) is 6.26 Å². The van der Waals surface area contributed by atoms with E-state index in [-0.39, 0.29) is 0 Å². The van der Waals surface area contributed by atoms with Crippen LogP contribution in [0.2, 0.25) is 0 Å². The Hall–Kier alpha value is -0.730. The van der Waals surface area contributed by atoms with Crippen molar-refractivity contribution in [1.82, 2.24) is 19.5 Å². The Morgan fingerprint density at radius 2 is 2.11 bits per heavy atom. The molecule has 0 aliphatic carbocycles. The van der Waals surface area contributed by atoms with Gasteiger partial charge in [-0.1, -0.05) is 6.92 Å². The zero-order chi connectivity index (χ0) is 14.0. The monoisotopic (exact) mass is 292 g/mol. The van der Waals surface area contributed by atoms with Gasteiger partial charge in [0.15, 0.2) is 4.77 Å². The first-order valence-electron chi connectivity index (χ1n) is 5.77. The van der Waals surface area contributed by atoms with Crippen LogP contribution in [-0.4, -0.2) is 35.0 Å². The van der Waals surface area contributed by atoms with Crippen LogP contribution in [0.15, 0.2) is 0 Å². The summed E-state index contributed by atoms with van der Waals surface area (Å²) in [5, 5.41) is 6.90. The Labute approximate surface area is 113 Å². The van der Waals surface area contributed by atoms with Gasteiger partial charge in [-0.05, 0) is 32.5 Å². The molecule has 104 valence electrons. The fourth-order valence-corrected chi connectivity index (χ4v) is 3.14. The summed E-state index contributed by atoms with van der Waals surface area (Å²) < 4.78 is 27.6. The lowest BCUT2D eigenvalue weighted by molar-refractivity contribution is 0.382. The van der Waals surface area contributed by atoms with Gasteiger partial charge in [-0.25, -0.2) is 13.1 Å². The smallest absolute Gasteiger partial charge is 0.209 e. The first-order chi connectivity index (χ1) is 8.14. The van der Waals surface area contributed by atoms with Gasteiger partial charge in [0.05, 0.1) is 6.26 Å². The van der Waals surface area contributed by atoms with Gasteiger partial charge in [0, 0.05) is 18.5 Å². The molecule has 0 atom stereocenters. The second-order valence-electron chi connectivity index (χ2n) is 5.04. The number of hydrogen-bond acceptors (Lipinski definition) is 4. The van der Waals surface area contributed by atoms with Crippen molar-refractivity contribution in [3.63, 3.8) is 0 Å². The molecule has 8 heteroatoms. The Bertz CT molecular complexity index is 557. The third-order valence-corrected chi connectivity index (χ3v) is 3.56. The van der Waals surface area contributed by atoms with Gasteiger partial charge in [-0.15, -0.1) is 0 Å². The fourth-order valence-electron chi connectivity index (χ4n) is 1.86. The van der Waals surface area contributed by atoms with E-state index in [4.69, 9.17) is 12.2 Å². The molecular formula is C10H20N4O2S2. The lowest BCUT2D eigenvalue weighted by Gasteiger charge is -2.25. The fraction of sp³-hybridized carbons (Fsp3) is 0.800. The molecule has 0 spiro atoms. The maximum atomic E-state index is 11.3. The van der Waals surface area contributed by atoms with Crippen LogP contribution in [0.3, 0.4) is 0 Å². The third kappa shape index (κ3) is 4.51. The first kappa shape index (κ1) is 15.3. The van der Waals surface area contributed by atoms with Crippen LogP contribution in [0.4, 0.5) is 0 Å². The lowest BCUT2D eigenvalue weighted by atomic mass is 10.1. The number of hydrogen-bond donors (Lipinski definition) is 2. The number of aromatic amines is 1. The highest BCUT2D eigenvalue weighted by atomic mass is 32.2. The Balaban J connectivity index is 2.96. The van der Waals surface area contributed by atoms with Crippen molar-refractivity contribution >= 4 is 22.2 Å². The first-order valence-corrected chi connectivity index (χ1v) is 8.07. The zero-order valence-corrected chi connectivity index (χ0v) is 12.8. The summed E-state index contributed by atoms with van der Waals surface area (Å²) in [7, 11) is -3.25. The molecular weight excluding hydrogens is 272 g/mol. The normalized spacial score (nSPS) is 12.9. The summed E-state index contributed by atoms with van der Waals surface area (Å²) in [5.41, 5.74) is -0.613. The second-order valence-corrected chi connectivity index (χ2v) is 7.17. The minimum absolute atomic E-state index is 0.449. The molecule has 0 fully saturated rings. The Morgan fingerprint density at radius 3 is 2.61 bits per heavy atom. The molecule has 0 bridgehead atoms. The van der Waals surface area contributed by atoms with Crippen molar-refractivity contribution < 1.29 is 8.42 Å². The predicted molar refractivity (Wildman–Crippen MR) is 73.5 cm³/mol. The van der Waals surface area contributed by atoms with Crippen molar-refractivity contribution in [3.8, 4) is 0 Å². The van der Waals surface area contributed by atoms with Gasteiger partial charge < -0.3 is 4.57 Å². The Kier molecular flexibility index (Phi) is 4.68. The van der Waals surface area contributed by atoms with E-state index in [2.05, 4.69) is 21.8 Å². The molecule has 0 radical (unpaired) electrons. The van der Waals surface area contributed by atoms with Crippen LogP contribution >= 0.6 is 12.2 Å². The average molecular weight is 292 g/mol. The summed E-state index contributed by atoms with van der Waals surface area (Å²) in [5.74, 6) is 0.853. The summed E-state index contributed by atoms with van der Waals surface area (Å²) >= 11 is 5.16. The van der Waals surface area contributed by atoms with Gasteiger partial charge in [-0.3, -0.25) is 5.10 Å². The van der Waals surface area contributed by atoms with E-state index in [0.29, 0.717) is 11.3 Å². The molecule has 1 aromatic rings. The quantitative estimate of drug-likeness (QED) is 0.773. The third-order valence-electron chi connectivity index (χ3n) is 2.33. The largest absolute Gasteiger partial charge is 0.302 e. The molecule has 1 rings (SSSR count). The molecule has 2 N–H and O–H groups in total. The highest BCUT2D eigenvalue weighted by molar-refractivity contribution is 7.88. The number of aryl methyl sites for hydroxylation is 1. The molecule has 0 aliphatic rings. The molecule has 1 heterocycles. The van der Waals surface area contributed by atoms with Gasteiger partial charge in [0.1, 0.15) is 5.82 Å². The van der Waals surface area contributed by atoms with Crippen molar-refractivity contribution in [3.05, 3.63) is 10.6 Å². The molecule has 0 saturated heterocycles. The van der Waals surface area contributed by atoms with Crippen molar-refractivity contribution in [2.24, 2.45) is 0 Å². The molecule has 0 unspecified atom stereocenters. The molecule has 0 amide bonds. The second kappa shape index (κ2) is 5.50. The number of sulfonamides is 1. The van der Waals surface area contributed by atoms with Crippen LogP contribution < -0.4 is 4.72 Å². The zero-order valence-electron chi connectivity index (χ0n) is 11.1. The van der Waals surface area contributed by atoms with E-state index < -0.39 is 15.6 Å². The maximum absolute atomic E-state index is 11.3. The van der Waals surface area contributed by atoms with E-state index in [1.807, 2.05) is 18.4 Å².